The van der Waals surface area contributed by atoms with Crippen molar-refractivity contribution in [3.05, 3.63) is 64.2 Å². The second kappa shape index (κ2) is 7.36. The molecule has 0 saturated carbocycles. The summed E-state index contributed by atoms with van der Waals surface area (Å²) in [6.45, 7) is 4.05. The van der Waals surface area contributed by atoms with Crippen LogP contribution in [0.5, 0.6) is 0 Å². The molecule has 0 saturated heterocycles. The molecule has 1 amide bonds. The molecule has 0 radical (unpaired) electrons. The molecule has 0 aliphatic heterocycles. The summed E-state index contributed by atoms with van der Waals surface area (Å²) < 4.78 is 0. The van der Waals surface area contributed by atoms with Gasteiger partial charge in [-0.15, -0.1) is 11.3 Å². The number of aryl methyl sites for hydroxylation is 3. The molecule has 1 aromatic carbocycles. The predicted octanol–water partition coefficient (Wildman–Crippen LogP) is 4.39. The first kappa shape index (κ1) is 16.3. The number of hydrogen-bond acceptors (Lipinski definition) is 4. The van der Waals surface area contributed by atoms with Gasteiger partial charge in [0.25, 0.3) is 0 Å². The van der Waals surface area contributed by atoms with Crippen LogP contribution in [0.15, 0.2) is 48.1 Å². The molecule has 122 valence electrons. The fourth-order valence-corrected chi connectivity index (χ4v) is 3.28. The number of nitrogens with zero attached hydrogens (tertiary/aromatic N) is 2. The highest BCUT2D eigenvalue weighted by Crippen LogP contribution is 2.22. The molecule has 2 heterocycles. The van der Waals surface area contributed by atoms with Gasteiger partial charge < -0.3 is 5.32 Å². The number of anilines is 1. The van der Waals surface area contributed by atoms with Crippen molar-refractivity contribution in [1.29, 1.82) is 0 Å². The topological polar surface area (TPSA) is 54.9 Å². The van der Waals surface area contributed by atoms with Gasteiger partial charge in [0, 0.05) is 41.9 Å². The van der Waals surface area contributed by atoms with E-state index in [1.54, 1.807) is 23.7 Å². The molecule has 1 N–H and O–H groups in total. The molecule has 0 fully saturated rings. The van der Waals surface area contributed by atoms with Crippen molar-refractivity contribution in [2.75, 3.05) is 5.32 Å². The zero-order chi connectivity index (χ0) is 16.9. The molecule has 3 rings (SSSR count). The monoisotopic (exact) mass is 337 g/mol. The van der Waals surface area contributed by atoms with Crippen LogP contribution < -0.4 is 5.32 Å². The Morgan fingerprint density at radius 2 is 1.96 bits per heavy atom. The lowest BCUT2D eigenvalue weighted by atomic mass is 10.1. The Kier molecular flexibility index (Phi) is 5.01. The van der Waals surface area contributed by atoms with Gasteiger partial charge in [-0.3, -0.25) is 9.78 Å². The average molecular weight is 337 g/mol. The van der Waals surface area contributed by atoms with E-state index >= 15 is 0 Å². The van der Waals surface area contributed by atoms with Crippen molar-refractivity contribution < 1.29 is 4.79 Å². The molecule has 0 unspecified atom stereocenters. The Labute approximate surface area is 145 Å². The van der Waals surface area contributed by atoms with Crippen LogP contribution in [0.4, 0.5) is 5.69 Å². The Balaban J connectivity index is 1.58. The van der Waals surface area contributed by atoms with Crippen molar-refractivity contribution in [3.8, 4) is 11.3 Å². The van der Waals surface area contributed by atoms with Gasteiger partial charge in [-0.2, -0.15) is 0 Å². The number of carbonyl (C=O) groups is 1. The second-order valence-corrected chi connectivity index (χ2v) is 6.67. The highest BCUT2D eigenvalue weighted by molar-refractivity contribution is 7.09. The summed E-state index contributed by atoms with van der Waals surface area (Å²) in [5, 5.41) is 5.97. The SMILES string of the molecule is Cc1ccc(NC(=O)CCc2nc(-c3ccncc3)cs2)c(C)c1. The zero-order valence-corrected chi connectivity index (χ0v) is 14.6. The Morgan fingerprint density at radius 1 is 1.17 bits per heavy atom. The van der Waals surface area contributed by atoms with Crippen LogP contribution in [0.3, 0.4) is 0 Å². The minimum atomic E-state index is 0.0163. The van der Waals surface area contributed by atoms with E-state index in [0.717, 1.165) is 27.5 Å². The summed E-state index contributed by atoms with van der Waals surface area (Å²) in [7, 11) is 0. The summed E-state index contributed by atoms with van der Waals surface area (Å²) in [4.78, 5) is 20.8. The molecule has 0 aliphatic rings. The van der Waals surface area contributed by atoms with E-state index in [2.05, 4.69) is 21.4 Å². The normalized spacial score (nSPS) is 10.6. The molecule has 24 heavy (non-hydrogen) atoms. The molecule has 0 atom stereocenters. The summed E-state index contributed by atoms with van der Waals surface area (Å²) in [6, 6.07) is 9.90. The number of benzene rings is 1. The van der Waals surface area contributed by atoms with Crippen molar-refractivity contribution >= 4 is 22.9 Å². The van der Waals surface area contributed by atoms with E-state index < -0.39 is 0 Å². The van der Waals surface area contributed by atoms with Crippen LogP contribution in [0.2, 0.25) is 0 Å². The molecular formula is C19H19N3OS. The lowest BCUT2D eigenvalue weighted by molar-refractivity contribution is -0.116. The largest absolute Gasteiger partial charge is 0.326 e. The Hall–Kier alpha value is -2.53. The molecule has 3 aromatic rings. The number of aromatic nitrogens is 2. The van der Waals surface area contributed by atoms with Crippen LogP contribution in [-0.2, 0) is 11.2 Å². The number of thiazole rings is 1. The number of amides is 1. The average Bonchev–Trinajstić information content (AvgIpc) is 3.05. The van der Waals surface area contributed by atoms with Gasteiger partial charge in [-0.05, 0) is 37.6 Å². The van der Waals surface area contributed by atoms with Crippen LogP contribution in [0.1, 0.15) is 22.6 Å². The Bertz CT molecular complexity index is 843. The molecule has 4 nitrogen and oxygen atoms in total. The fourth-order valence-electron chi connectivity index (χ4n) is 2.47. The summed E-state index contributed by atoms with van der Waals surface area (Å²) in [6.07, 6.45) is 4.58. The van der Waals surface area contributed by atoms with Gasteiger partial charge in [-0.1, -0.05) is 17.7 Å². The standard InChI is InChI=1S/C19H19N3OS/c1-13-3-4-16(14(2)11-13)21-18(23)5-6-19-22-17(12-24-19)15-7-9-20-10-8-15/h3-4,7-12H,5-6H2,1-2H3,(H,21,23). The number of nitrogens with one attached hydrogen (secondary N) is 1. The maximum atomic E-state index is 12.2. The number of pyridine rings is 1. The first-order valence-electron chi connectivity index (χ1n) is 7.84. The third-order valence-electron chi connectivity index (χ3n) is 3.75. The van der Waals surface area contributed by atoms with Gasteiger partial charge in [0.05, 0.1) is 10.7 Å². The molecule has 0 aliphatic carbocycles. The van der Waals surface area contributed by atoms with E-state index in [1.807, 2.05) is 43.5 Å². The quantitative estimate of drug-likeness (QED) is 0.751. The van der Waals surface area contributed by atoms with E-state index in [1.165, 1.54) is 5.56 Å². The lowest BCUT2D eigenvalue weighted by Gasteiger charge is -2.08. The van der Waals surface area contributed by atoms with Crippen LogP contribution in [0, 0.1) is 13.8 Å². The van der Waals surface area contributed by atoms with Crippen LogP contribution >= 0.6 is 11.3 Å². The molecule has 0 spiro atoms. The third-order valence-corrected chi connectivity index (χ3v) is 4.66. The maximum Gasteiger partial charge on any atom is 0.224 e. The van der Waals surface area contributed by atoms with Gasteiger partial charge in [-0.25, -0.2) is 4.98 Å². The zero-order valence-electron chi connectivity index (χ0n) is 13.7. The van der Waals surface area contributed by atoms with Crippen molar-refractivity contribution in [2.45, 2.75) is 26.7 Å². The maximum absolute atomic E-state index is 12.2. The smallest absolute Gasteiger partial charge is 0.224 e. The third kappa shape index (κ3) is 4.06. The van der Waals surface area contributed by atoms with Gasteiger partial charge >= 0.3 is 0 Å². The Morgan fingerprint density at radius 3 is 2.71 bits per heavy atom. The summed E-state index contributed by atoms with van der Waals surface area (Å²) >= 11 is 1.59. The number of hydrogen-bond donors (Lipinski definition) is 1. The van der Waals surface area contributed by atoms with Crippen molar-refractivity contribution in [1.82, 2.24) is 9.97 Å². The molecule has 2 aromatic heterocycles. The summed E-state index contributed by atoms with van der Waals surface area (Å²) in [5.74, 6) is 0.0163. The van der Waals surface area contributed by atoms with Gasteiger partial charge in [0.15, 0.2) is 0 Å². The number of rotatable bonds is 5. The highest BCUT2D eigenvalue weighted by Gasteiger charge is 2.09. The minimum absolute atomic E-state index is 0.0163. The van der Waals surface area contributed by atoms with Crippen molar-refractivity contribution in [2.24, 2.45) is 0 Å². The second-order valence-electron chi connectivity index (χ2n) is 5.73. The van der Waals surface area contributed by atoms with E-state index in [-0.39, 0.29) is 5.91 Å². The number of carbonyl (C=O) groups excluding carboxylic acids is 1. The highest BCUT2D eigenvalue weighted by atomic mass is 32.1. The first-order chi connectivity index (χ1) is 11.6. The first-order valence-corrected chi connectivity index (χ1v) is 8.72. The fraction of sp³-hybridized carbons (Fsp3) is 0.211. The molecule has 5 heteroatoms. The lowest BCUT2D eigenvalue weighted by Crippen LogP contribution is -2.13. The summed E-state index contributed by atoms with van der Waals surface area (Å²) in [5.41, 5.74) is 5.14. The molecule has 0 bridgehead atoms. The van der Waals surface area contributed by atoms with Gasteiger partial charge in [0.2, 0.25) is 5.91 Å². The molecular weight excluding hydrogens is 318 g/mol. The van der Waals surface area contributed by atoms with E-state index in [0.29, 0.717) is 12.8 Å². The minimum Gasteiger partial charge on any atom is -0.326 e. The van der Waals surface area contributed by atoms with Crippen LogP contribution in [-0.4, -0.2) is 15.9 Å². The van der Waals surface area contributed by atoms with E-state index in [9.17, 15) is 4.79 Å². The van der Waals surface area contributed by atoms with Gasteiger partial charge in [0.1, 0.15) is 0 Å². The van der Waals surface area contributed by atoms with E-state index in [4.69, 9.17) is 0 Å². The predicted molar refractivity (Wildman–Crippen MR) is 98.2 cm³/mol. The van der Waals surface area contributed by atoms with Crippen molar-refractivity contribution in [3.63, 3.8) is 0 Å². The van der Waals surface area contributed by atoms with Crippen LogP contribution in [0.25, 0.3) is 11.3 Å².